The van der Waals surface area contributed by atoms with Crippen LogP contribution in [0.1, 0.15) is 12.5 Å². The summed E-state index contributed by atoms with van der Waals surface area (Å²) in [5.41, 5.74) is 1.23. The molecule has 2 heterocycles. The molecule has 0 atom stereocenters. The lowest BCUT2D eigenvalue weighted by Crippen LogP contribution is -1.98. The zero-order chi connectivity index (χ0) is 16.8. The molecule has 0 spiro atoms. The Kier molecular flexibility index (Phi) is 3.09. The third kappa shape index (κ3) is 2.06. The van der Waals surface area contributed by atoms with Crippen molar-refractivity contribution in [2.24, 2.45) is 0 Å². The maximum absolute atomic E-state index is 12.3. The minimum atomic E-state index is -0.539. The molecular formula is C19H14O5. The van der Waals surface area contributed by atoms with Gasteiger partial charge in [-0.3, -0.25) is 0 Å². The van der Waals surface area contributed by atoms with E-state index in [1.165, 1.54) is 18.2 Å². The first kappa shape index (κ1) is 14.4. The van der Waals surface area contributed by atoms with Crippen molar-refractivity contribution in [2.45, 2.75) is 13.3 Å². The standard InChI is InChI=1S/C19H14O5/c1-2-3-4-10-7-13-16(9-14(10)21)24-19(22)17-12-6-5-11(20)8-15(12)23-18(13)17/h2-3,5-9,20-21H,4H2,1H3/b3-2+. The van der Waals surface area contributed by atoms with Crippen molar-refractivity contribution < 1.29 is 19.0 Å². The van der Waals surface area contributed by atoms with Crippen LogP contribution in [0.3, 0.4) is 0 Å². The van der Waals surface area contributed by atoms with E-state index in [2.05, 4.69) is 0 Å². The van der Waals surface area contributed by atoms with Crippen LogP contribution in [-0.2, 0) is 6.42 Å². The van der Waals surface area contributed by atoms with Crippen molar-refractivity contribution in [2.75, 3.05) is 0 Å². The molecule has 120 valence electrons. The van der Waals surface area contributed by atoms with E-state index in [1.807, 2.05) is 19.1 Å². The molecule has 24 heavy (non-hydrogen) atoms. The van der Waals surface area contributed by atoms with Crippen molar-refractivity contribution >= 4 is 32.9 Å². The second-order valence-corrected chi connectivity index (χ2v) is 5.63. The number of benzene rings is 2. The molecule has 2 aromatic heterocycles. The van der Waals surface area contributed by atoms with Crippen molar-refractivity contribution in [3.8, 4) is 11.5 Å². The summed E-state index contributed by atoms with van der Waals surface area (Å²) in [6.45, 7) is 1.90. The predicted octanol–water partition coefficient (Wildman–Crippen LogP) is 4.22. The van der Waals surface area contributed by atoms with Crippen molar-refractivity contribution in [3.05, 3.63) is 58.5 Å². The Labute approximate surface area is 136 Å². The van der Waals surface area contributed by atoms with Gasteiger partial charge < -0.3 is 19.0 Å². The van der Waals surface area contributed by atoms with E-state index in [4.69, 9.17) is 8.83 Å². The number of phenols is 2. The molecule has 0 amide bonds. The number of allylic oxidation sites excluding steroid dienone is 2. The molecule has 5 nitrogen and oxygen atoms in total. The van der Waals surface area contributed by atoms with Gasteiger partial charge in [-0.15, -0.1) is 0 Å². The molecule has 5 heteroatoms. The zero-order valence-electron chi connectivity index (χ0n) is 12.9. The first-order valence-electron chi connectivity index (χ1n) is 7.53. The molecule has 0 radical (unpaired) electrons. The van der Waals surface area contributed by atoms with Gasteiger partial charge in [0.25, 0.3) is 0 Å². The molecule has 2 N–H and O–H groups in total. The first-order valence-corrected chi connectivity index (χ1v) is 7.53. The molecule has 0 fully saturated rings. The highest BCUT2D eigenvalue weighted by molar-refractivity contribution is 6.13. The maximum Gasteiger partial charge on any atom is 0.348 e. The number of hydrogen-bond acceptors (Lipinski definition) is 5. The van der Waals surface area contributed by atoms with E-state index in [0.717, 1.165) is 0 Å². The maximum atomic E-state index is 12.3. The molecule has 4 rings (SSSR count). The van der Waals surface area contributed by atoms with Gasteiger partial charge >= 0.3 is 5.63 Å². The van der Waals surface area contributed by atoms with Crippen LogP contribution in [0, 0.1) is 0 Å². The molecule has 0 unspecified atom stereocenters. The van der Waals surface area contributed by atoms with Gasteiger partial charge in [-0.1, -0.05) is 12.2 Å². The third-order valence-corrected chi connectivity index (χ3v) is 4.08. The summed E-state index contributed by atoms with van der Waals surface area (Å²) in [7, 11) is 0. The minimum absolute atomic E-state index is 0.0571. The van der Waals surface area contributed by atoms with Gasteiger partial charge in [-0.25, -0.2) is 4.79 Å². The van der Waals surface area contributed by atoms with Crippen LogP contribution in [0.25, 0.3) is 32.9 Å². The zero-order valence-corrected chi connectivity index (χ0v) is 12.9. The van der Waals surface area contributed by atoms with Crippen LogP contribution in [0.2, 0.25) is 0 Å². The van der Waals surface area contributed by atoms with E-state index in [-0.39, 0.29) is 17.1 Å². The van der Waals surface area contributed by atoms with Crippen LogP contribution in [0.4, 0.5) is 0 Å². The fraction of sp³-hybridized carbons (Fsp3) is 0.105. The summed E-state index contributed by atoms with van der Waals surface area (Å²) in [4.78, 5) is 12.3. The Hall–Kier alpha value is -3.21. The SMILES string of the molecule is C/C=C/Cc1cc2c(cc1O)oc(=O)c1c3ccc(O)cc3oc21. The van der Waals surface area contributed by atoms with Crippen molar-refractivity contribution in [1.29, 1.82) is 0 Å². The van der Waals surface area contributed by atoms with E-state index >= 15 is 0 Å². The van der Waals surface area contributed by atoms with Crippen LogP contribution >= 0.6 is 0 Å². The highest BCUT2D eigenvalue weighted by atomic mass is 16.4. The first-order chi connectivity index (χ1) is 11.6. The Morgan fingerprint density at radius 2 is 1.83 bits per heavy atom. The fourth-order valence-corrected chi connectivity index (χ4v) is 2.91. The Bertz CT molecular complexity index is 1180. The Morgan fingerprint density at radius 3 is 2.62 bits per heavy atom. The summed E-state index contributed by atoms with van der Waals surface area (Å²) >= 11 is 0. The number of phenolic OH excluding ortho intramolecular Hbond substituents is 2. The highest BCUT2D eigenvalue weighted by Gasteiger charge is 2.17. The lowest BCUT2D eigenvalue weighted by molar-refractivity contribution is 0.468. The molecule has 0 aliphatic carbocycles. The van der Waals surface area contributed by atoms with E-state index in [1.54, 1.807) is 12.1 Å². The Morgan fingerprint density at radius 1 is 1.04 bits per heavy atom. The molecular weight excluding hydrogens is 308 g/mol. The monoisotopic (exact) mass is 322 g/mol. The minimum Gasteiger partial charge on any atom is -0.508 e. The second kappa shape index (κ2) is 5.16. The van der Waals surface area contributed by atoms with Crippen molar-refractivity contribution in [3.63, 3.8) is 0 Å². The lowest BCUT2D eigenvalue weighted by Gasteiger charge is -2.04. The van der Waals surface area contributed by atoms with Gasteiger partial charge in [-0.2, -0.15) is 0 Å². The predicted molar refractivity (Wildman–Crippen MR) is 91.6 cm³/mol. The van der Waals surface area contributed by atoms with Crippen LogP contribution in [0.5, 0.6) is 11.5 Å². The number of aromatic hydroxyl groups is 2. The molecule has 0 bridgehead atoms. The largest absolute Gasteiger partial charge is 0.508 e. The van der Waals surface area contributed by atoms with Gasteiger partial charge in [0.2, 0.25) is 0 Å². The summed E-state index contributed by atoms with van der Waals surface area (Å²) < 4.78 is 11.2. The summed E-state index contributed by atoms with van der Waals surface area (Å²) in [6, 6.07) is 7.77. The number of hydrogen-bond donors (Lipinski definition) is 2. The van der Waals surface area contributed by atoms with E-state index < -0.39 is 5.63 Å². The molecule has 0 saturated carbocycles. The third-order valence-electron chi connectivity index (χ3n) is 4.08. The second-order valence-electron chi connectivity index (χ2n) is 5.63. The van der Waals surface area contributed by atoms with Gasteiger partial charge in [-0.05, 0) is 37.1 Å². The average Bonchev–Trinajstić information content (AvgIpc) is 2.92. The van der Waals surface area contributed by atoms with Crippen LogP contribution in [0.15, 0.2) is 56.1 Å². The quantitative estimate of drug-likeness (QED) is 0.426. The fourth-order valence-electron chi connectivity index (χ4n) is 2.91. The molecule has 2 aromatic carbocycles. The van der Waals surface area contributed by atoms with Crippen LogP contribution < -0.4 is 5.63 Å². The molecule has 0 aliphatic rings. The average molecular weight is 322 g/mol. The summed E-state index contributed by atoms with van der Waals surface area (Å²) in [5.74, 6) is 0.124. The normalized spacial score (nSPS) is 12.0. The van der Waals surface area contributed by atoms with Gasteiger partial charge in [0.05, 0.1) is 5.39 Å². The molecule has 0 aliphatic heterocycles. The number of fused-ring (bicyclic) bond motifs is 5. The summed E-state index contributed by atoms with van der Waals surface area (Å²) in [6.07, 6.45) is 4.38. The van der Waals surface area contributed by atoms with E-state index in [9.17, 15) is 15.0 Å². The van der Waals surface area contributed by atoms with E-state index in [0.29, 0.717) is 39.3 Å². The van der Waals surface area contributed by atoms with Crippen LogP contribution in [-0.4, -0.2) is 10.2 Å². The van der Waals surface area contributed by atoms with Gasteiger partial charge in [0.15, 0.2) is 5.58 Å². The van der Waals surface area contributed by atoms with Gasteiger partial charge in [0, 0.05) is 17.5 Å². The smallest absolute Gasteiger partial charge is 0.348 e. The highest BCUT2D eigenvalue weighted by Crippen LogP contribution is 2.35. The lowest BCUT2D eigenvalue weighted by atomic mass is 10.1. The number of furan rings is 1. The summed E-state index contributed by atoms with van der Waals surface area (Å²) in [5, 5.41) is 21.3. The van der Waals surface area contributed by atoms with Crippen molar-refractivity contribution in [1.82, 2.24) is 0 Å². The topological polar surface area (TPSA) is 83.8 Å². The molecule has 0 saturated heterocycles. The Balaban J connectivity index is 2.15. The molecule has 4 aromatic rings. The number of rotatable bonds is 2. The van der Waals surface area contributed by atoms with Gasteiger partial charge in [0.1, 0.15) is 28.1 Å².